The topological polar surface area (TPSA) is 132 Å². The maximum absolute atomic E-state index is 12.4. The molecule has 4 aromatic rings. The number of hydrogen-bond acceptors (Lipinski definition) is 5. The number of amides is 2. The molecule has 2 aromatic heterocycles. The van der Waals surface area contributed by atoms with Crippen molar-refractivity contribution in [3.05, 3.63) is 83.9 Å². The fourth-order valence-electron chi connectivity index (χ4n) is 2.73. The summed E-state index contributed by atoms with van der Waals surface area (Å²) in [7, 11) is 0. The van der Waals surface area contributed by atoms with Gasteiger partial charge >= 0.3 is 0 Å². The Morgan fingerprint density at radius 2 is 1.83 bits per heavy atom. The Bertz CT molecular complexity index is 1150. The molecule has 0 spiro atoms. The Labute approximate surface area is 165 Å². The summed E-state index contributed by atoms with van der Waals surface area (Å²) in [6, 6.07) is 16.2. The first-order valence-electron chi connectivity index (χ1n) is 8.80. The van der Waals surface area contributed by atoms with Crippen LogP contribution in [0.4, 0.5) is 0 Å². The second-order valence-electron chi connectivity index (χ2n) is 6.26. The van der Waals surface area contributed by atoms with Gasteiger partial charge in [0.1, 0.15) is 17.2 Å². The number of aromatic nitrogens is 5. The molecule has 0 unspecified atom stereocenters. The summed E-state index contributed by atoms with van der Waals surface area (Å²) in [5.41, 5.74) is 8.21. The van der Waals surface area contributed by atoms with Gasteiger partial charge in [0.05, 0.1) is 24.6 Å². The Kier molecular flexibility index (Phi) is 4.85. The second-order valence-corrected chi connectivity index (χ2v) is 6.26. The van der Waals surface area contributed by atoms with Crippen molar-refractivity contribution in [1.82, 2.24) is 30.3 Å². The maximum atomic E-state index is 12.4. The van der Waals surface area contributed by atoms with Crippen LogP contribution in [0, 0.1) is 0 Å². The number of primary amides is 1. The summed E-state index contributed by atoms with van der Waals surface area (Å²) in [4.78, 5) is 30.8. The molecule has 0 aliphatic heterocycles. The highest BCUT2D eigenvalue weighted by Crippen LogP contribution is 2.14. The van der Waals surface area contributed by atoms with Gasteiger partial charge in [-0.3, -0.25) is 9.59 Å². The second kappa shape index (κ2) is 7.77. The SMILES string of the molecule is NC(=O)c1ccc(-n2cc(CNC(=O)c3cnc(-c4ccccc4)[nH]3)nn2)cc1. The van der Waals surface area contributed by atoms with Gasteiger partial charge in [-0.15, -0.1) is 5.10 Å². The lowest BCUT2D eigenvalue weighted by molar-refractivity contribution is 0.0945. The first-order chi connectivity index (χ1) is 14.1. The quantitative estimate of drug-likeness (QED) is 0.463. The minimum absolute atomic E-state index is 0.206. The first-order valence-corrected chi connectivity index (χ1v) is 8.80. The molecular formula is C20H17N7O2. The summed E-state index contributed by atoms with van der Waals surface area (Å²) in [6.07, 6.45) is 3.19. The van der Waals surface area contributed by atoms with Crippen molar-refractivity contribution in [2.24, 2.45) is 5.73 Å². The van der Waals surface area contributed by atoms with Gasteiger partial charge in [0.15, 0.2) is 0 Å². The van der Waals surface area contributed by atoms with Crippen LogP contribution in [0.1, 0.15) is 26.5 Å². The number of hydrogen-bond donors (Lipinski definition) is 3. The van der Waals surface area contributed by atoms with Gasteiger partial charge in [0, 0.05) is 11.1 Å². The van der Waals surface area contributed by atoms with Crippen molar-refractivity contribution in [3.8, 4) is 17.1 Å². The van der Waals surface area contributed by atoms with E-state index >= 15 is 0 Å². The summed E-state index contributed by atoms with van der Waals surface area (Å²) in [5, 5.41) is 10.9. The summed E-state index contributed by atoms with van der Waals surface area (Å²) >= 11 is 0. The van der Waals surface area contributed by atoms with Gasteiger partial charge in [-0.1, -0.05) is 35.5 Å². The molecule has 0 aliphatic rings. The Balaban J connectivity index is 1.39. The highest BCUT2D eigenvalue weighted by Gasteiger charge is 2.12. The van der Waals surface area contributed by atoms with Crippen LogP contribution < -0.4 is 11.1 Å². The van der Waals surface area contributed by atoms with Crippen LogP contribution in [-0.2, 0) is 6.54 Å². The molecule has 0 saturated carbocycles. The zero-order valence-electron chi connectivity index (χ0n) is 15.2. The molecule has 0 aliphatic carbocycles. The smallest absolute Gasteiger partial charge is 0.269 e. The Hall–Kier alpha value is -4.27. The number of H-pyrrole nitrogens is 1. The number of aromatic amines is 1. The molecule has 0 radical (unpaired) electrons. The first kappa shape index (κ1) is 18.1. The fourth-order valence-corrected chi connectivity index (χ4v) is 2.73. The van der Waals surface area contributed by atoms with Crippen molar-refractivity contribution in [3.63, 3.8) is 0 Å². The number of rotatable bonds is 6. The van der Waals surface area contributed by atoms with E-state index in [-0.39, 0.29) is 12.5 Å². The number of nitrogens with zero attached hydrogens (tertiary/aromatic N) is 4. The Morgan fingerprint density at radius 1 is 1.07 bits per heavy atom. The van der Waals surface area contributed by atoms with Gasteiger partial charge in [-0.25, -0.2) is 9.67 Å². The minimum Gasteiger partial charge on any atom is -0.366 e. The molecule has 4 N–H and O–H groups in total. The highest BCUT2D eigenvalue weighted by atomic mass is 16.2. The van der Waals surface area contributed by atoms with Gasteiger partial charge in [-0.05, 0) is 24.3 Å². The molecule has 0 saturated heterocycles. The van der Waals surface area contributed by atoms with Crippen molar-refractivity contribution >= 4 is 11.8 Å². The van der Waals surface area contributed by atoms with E-state index in [4.69, 9.17) is 5.73 Å². The van der Waals surface area contributed by atoms with E-state index in [0.717, 1.165) is 11.3 Å². The van der Waals surface area contributed by atoms with Crippen molar-refractivity contribution in [2.75, 3.05) is 0 Å². The van der Waals surface area contributed by atoms with Crippen molar-refractivity contribution in [1.29, 1.82) is 0 Å². The van der Waals surface area contributed by atoms with E-state index in [0.29, 0.717) is 22.8 Å². The van der Waals surface area contributed by atoms with E-state index in [9.17, 15) is 9.59 Å². The van der Waals surface area contributed by atoms with Gasteiger partial charge in [-0.2, -0.15) is 0 Å². The van der Waals surface area contributed by atoms with E-state index in [1.165, 1.54) is 6.20 Å². The molecule has 9 heteroatoms. The lowest BCUT2D eigenvalue weighted by atomic mass is 10.2. The average Bonchev–Trinajstić information content (AvgIpc) is 3.43. The standard InChI is InChI=1S/C20H17N7O2/c21-18(28)13-6-8-16(9-7-13)27-12-15(25-26-27)10-23-20(29)17-11-22-19(24-17)14-4-2-1-3-5-14/h1-9,11-12H,10H2,(H2,21,28)(H,22,24)(H,23,29). The zero-order valence-corrected chi connectivity index (χ0v) is 15.2. The zero-order chi connectivity index (χ0) is 20.2. The van der Waals surface area contributed by atoms with Crippen LogP contribution in [0.25, 0.3) is 17.1 Å². The molecule has 2 amide bonds. The van der Waals surface area contributed by atoms with Crippen LogP contribution in [-0.4, -0.2) is 36.8 Å². The molecule has 0 fully saturated rings. The van der Waals surface area contributed by atoms with Crippen LogP contribution in [0.2, 0.25) is 0 Å². The van der Waals surface area contributed by atoms with Crippen LogP contribution in [0.5, 0.6) is 0 Å². The van der Waals surface area contributed by atoms with Crippen LogP contribution in [0.3, 0.4) is 0 Å². The monoisotopic (exact) mass is 387 g/mol. The summed E-state index contributed by atoms with van der Waals surface area (Å²) in [5.74, 6) is -0.158. The number of carbonyl (C=O) groups is 2. The van der Waals surface area contributed by atoms with E-state index < -0.39 is 5.91 Å². The minimum atomic E-state index is -0.493. The van der Waals surface area contributed by atoms with E-state index in [1.807, 2.05) is 30.3 Å². The third-order valence-corrected chi connectivity index (χ3v) is 4.25. The number of imidazole rings is 1. The maximum Gasteiger partial charge on any atom is 0.269 e. The third kappa shape index (κ3) is 4.03. The largest absolute Gasteiger partial charge is 0.366 e. The van der Waals surface area contributed by atoms with Gasteiger partial charge < -0.3 is 16.0 Å². The van der Waals surface area contributed by atoms with Crippen molar-refractivity contribution in [2.45, 2.75) is 6.54 Å². The van der Waals surface area contributed by atoms with Crippen LogP contribution >= 0.6 is 0 Å². The number of carbonyl (C=O) groups excluding carboxylic acids is 2. The summed E-state index contributed by atoms with van der Waals surface area (Å²) < 4.78 is 1.55. The normalized spacial score (nSPS) is 10.6. The van der Waals surface area contributed by atoms with E-state index in [1.54, 1.807) is 35.1 Å². The third-order valence-electron chi connectivity index (χ3n) is 4.25. The molecule has 0 bridgehead atoms. The van der Waals surface area contributed by atoms with Crippen molar-refractivity contribution < 1.29 is 9.59 Å². The fraction of sp³-hybridized carbons (Fsp3) is 0.0500. The lowest BCUT2D eigenvalue weighted by Gasteiger charge is -2.01. The van der Waals surface area contributed by atoms with Crippen LogP contribution in [0.15, 0.2) is 67.0 Å². The van der Waals surface area contributed by atoms with Gasteiger partial charge in [0.2, 0.25) is 5.91 Å². The number of benzene rings is 2. The summed E-state index contributed by atoms with van der Waals surface area (Å²) in [6.45, 7) is 0.206. The lowest BCUT2D eigenvalue weighted by Crippen LogP contribution is -2.23. The average molecular weight is 387 g/mol. The molecule has 9 nitrogen and oxygen atoms in total. The van der Waals surface area contributed by atoms with E-state index in [2.05, 4.69) is 25.6 Å². The molecule has 4 rings (SSSR count). The number of nitrogens with one attached hydrogen (secondary N) is 2. The molecule has 29 heavy (non-hydrogen) atoms. The molecule has 2 aromatic carbocycles. The predicted molar refractivity (Wildman–Crippen MR) is 105 cm³/mol. The number of nitrogens with two attached hydrogens (primary N) is 1. The molecule has 144 valence electrons. The predicted octanol–water partition coefficient (Wildman–Crippen LogP) is 1.69. The van der Waals surface area contributed by atoms with Gasteiger partial charge in [0.25, 0.3) is 5.91 Å². The molecule has 0 atom stereocenters. The molecular weight excluding hydrogens is 370 g/mol. The Morgan fingerprint density at radius 3 is 2.55 bits per heavy atom. The highest BCUT2D eigenvalue weighted by molar-refractivity contribution is 5.93. The molecule has 2 heterocycles.